The number of ether oxygens (including phenoxy) is 1. The van der Waals surface area contributed by atoms with E-state index in [0.29, 0.717) is 19.4 Å². The number of carbonyl (C=O) groups is 1. The van der Waals surface area contributed by atoms with Gasteiger partial charge >= 0.3 is 0 Å². The van der Waals surface area contributed by atoms with Gasteiger partial charge in [0.05, 0.1) is 12.3 Å². The van der Waals surface area contributed by atoms with Crippen molar-refractivity contribution in [3.8, 4) is 5.75 Å². The maximum atomic E-state index is 13.4. The predicted octanol–water partition coefficient (Wildman–Crippen LogP) is 3.93. The molecule has 0 aromatic heterocycles. The Kier molecular flexibility index (Phi) is 5.32. The fraction of sp³-hybridized carbons (Fsp3) is 0.235. The number of aryl methyl sites for hydroxylation is 1. The van der Waals surface area contributed by atoms with Gasteiger partial charge in [-0.05, 0) is 37.1 Å². The summed E-state index contributed by atoms with van der Waals surface area (Å²) in [5.74, 6) is 0.183. The van der Waals surface area contributed by atoms with Crippen molar-refractivity contribution in [3.05, 3.63) is 59.9 Å². The highest BCUT2D eigenvalue weighted by Gasteiger charge is 2.06. The van der Waals surface area contributed by atoms with Crippen LogP contribution in [0.3, 0.4) is 0 Å². The topological polar surface area (TPSA) is 38.3 Å². The zero-order chi connectivity index (χ0) is 15.1. The highest BCUT2D eigenvalue weighted by molar-refractivity contribution is 5.90. The molecular formula is C17H18FNO2. The number of carbonyl (C=O) groups excluding carboxylic acids is 1. The fourth-order valence-electron chi connectivity index (χ4n) is 1.91. The molecule has 0 radical (unpaired) electrons. The Morgan fingerprint density at radius 2 is 1.86 bits per heavy atom. The van der Waals surface area contributed by atoms with Crippen LogP contribution in [0, 0.1) is 12.7 Å². The Hall–Kier alpha value is -2.36. The highest BCUT2D eigenvalue weighted by atomic mass is 19.1. The molecule has 0 saturated carbocycles. The molecule has 0 unspecified atom stereocenters. The Morgan fingerprint density at radius 1 is 1.14 bits per heavy atom. The first-order valence-electron chi connectivity index (χ1n) is 6.89. The Morgan fingerprint density at radius 3 is 2.62 bits per heavy atom. The van der Waals surface area contributed by atoms with Gasteiger partial charge < -0.3 is 10.1 Å². The Balaban J connectivity index is 1.73. The minimum atomic E-state index is -0.429. The Labute approximate surface area is 123 Å². The van der Waals surface area contributed by atoms with Crippen LogP contribution >= 0.6 is 0 Å². The average Bonchev–Trinajstić information content (AvgIpc) is 2.48. The molecule has 4 heteroatoms. The van der Waals surface area contributed by atoms with Crippen LogP contribution < -0.4 is 10.1 Å². The van der Waals surface area contributed by atoms with Gasteiger partial charge in [-0.1, -0.05) is 30.3 Å². The van der Waals surface area contributed by atoms with E-state index >= 15 is 0 Å². The maximum Gasteiger partial charge on any atom is 0.224 e. The van der Waals surface area contributed by atoms with Gasteiger partial charge in [0.1, 0.15) is 11.6 Å². The summed E-state index contributed by atoms with van der Waals surface area (Å²) in [6.07, 6.45) is 0.870. The molecule has 110 valence electrons. The van der Waals surface area contributed by atoms with E-state index in [0.717, 1.165) is 11.3 Å². The number of benzene rings is 2. The van der Waals surface area contributed by atoms with Gasteiger partial charge in [-0.25, -0.2) is 4.39 Å². The molecule has 0 heterocycles. The Bertz CT molecular complexity index is 613. The molecule has 2 rings (SSSR count). The van der Waals surface area contributed by atoms with Gasteiger partial charge in [-0.15, -0.1) is 0 Å². The van der Waals surface area contributed by atoms with Crippen molar-refractivity contribution in [1.29, 1.82) is 0 Å². The summed E-state index contributed by atoms with van der Waals surface area (Å²) >= 11 is 0. The third-order valence-electron chi connectivity index (χ3n) is 3.05. The van der Waals surface area contributed by atoms with Crippen LogP contribution in [0.15, 0.2) is 48.5 Å². The van der Waals surface area contributed by atoms with Crippen LogP contribution in [0.5, 0.6) is 5.75 Å². The molecule has 21 heavy (non-hydrogen) atoms. The van der Waals surface area contributed by atoms with Crippen molar-refractivity contribution in [3.63, 3.8) is 0 Å². The normalized spacial score (nSPS) is 10.2. The van der Waals surface area contributed by atoms with Gasteiger partial charge in [-0.2, -0.15) is 0 Å². The van der Waals surface area contributed by atoms with Crippen molar-refractivity contribution in [2.45, 2.75) is 19.8 Å². The second-order valence-corrected chi connectivity index (χ2v) is 4.75. The molecule has 1 N–H and O–H groups in total. The van der Waals surface area contributed by atoms with Gasteiger partial charge in [0.25, 0.3) is 0 Å². The quantitative estimate of drug-likeness (QED) is 0.817. The average molecular weight is 287 g/mol. The van der Waals surface area contributed by atoms with E-state index in [9.17, 15) is 9.18 Å². The summed E-state index contributed by atoms with van der Waals surface area (Å²) in [6.45, 7) is 2.43. The van der Waals surface area contributed by atoms with Crippen LogP contribution in [0.2, 0.25) is 0 Å². The molecule has 0 aliphatic rings. The van der Waals surface area contributed by atoms with E-state index < -0.39 is 5.82 Å². The largest absolute Gasteiger partial charge is 0.493 e. The van der Waals surface area contributed by atoms with Gasteiger partial charge in [-0.3, -0.25) is 4.79 Å². The van der Waals surface area contributed by atoms with Gasteiger partial charge in [0.2, 0.25) is 5.91 Å². The van der Waals surface area contributed by atoms with Crippen molar-refractivity contribution in [2.24, 2.45) is 0 Å². The monoisotopic (exact) mass is 287 g/mol. The standard InChI is InChI=1S/C17H18FNO2/c1-13-7-2-5-10-16(13)21-12-6-11-17(20)19-15-9-4-3-8-14(15)18/h2-5,7-10H,6,11-12H2,1H3,(H,19,20). The second kappa shape index (κ2) is 7.43. The summed E-state index contributed by atoms with van der Waals surface area (Å²) in [6, 6.07) is 13.8. The van der Waals surface area contributed by atoms with Crippen molar-refractivity contribution >= 4 is 11.6 Å². The smallest absolute Gasteiger partial charge is 0.224 e. The van der Waals surface area contributed by atoms with E-state index in [4.69, 9.17) is 4.74 Å². The van der Waals surface area contributed by atoms with Crippen molar-refractivity contribution < 1.29 is 13.9 Å². The minimum absolute atomic E-state index is 0.210. The first-order valence-corrected chi connectivity index (χ1v) is 6.89. The van der Waals surface area contributed by atoms with Crippen LogP contribution in [0.1, 0.15) is 18.4 Å². The molecular weight excluding hydrogens is 269 g/mol. The molecule has 3 nitrogen and oxygen atoms in total. The third kappa shape index (κ3) is 4.60. The van der Waals surface area contributed by atoms with E-state index in [-0.39, 0.29) is 11.6 Å². The lowest BCUT2D eigenvalue weighted by atomic mass is 10.2. The minimum Gasteiger partial charge on any atom is -0.493 e. The molecule has 1 amide bonds. The fourth-order valence-corrected chi connectivity index (χ4v) is 1.91. The lowest BCUT2D eigenvalue weighted by Crippen LogP contribution is -2.13. The molecule has 0 fully saturated rings. The van der Waals surface area contributed by atoms with E-state index in [1.165, 1.54) is 12.1 Å². The van der Waals surface area contributed by atoms with E-state index in [1.807, 2.05) is 31.2 Å². The summed E-state index contributed by atoms with van der Waals surface area (Å²) in [5, 5.41) is 2.55. The molecule has 2 aromatic rings. The molecule has 0 saturated heterocycles. The molecule has 0 aliphatic heterocycles. The molecule has 2 aromatic carbocycles. The van der Waals surface area contributed by atoms with E-state index in [2.05, 4.69) is 5.32 Å². The second-order valence-electron chi connectivity index (χ2n) is 4.75. The first kappa shape index (κ1) is 15.0. The summed E-state index contributed by atoms with van der Waals surface area (Å²) in [4.78, 5) is 11.7. The van der Waals surface area contributed by atoms with Crippen LogP contribution in [0.25, 0.3) is 0 Å². The number of anilines is 1. The number of rotatable bonds is 6. The first-order chi connectivity index (χ1) is 10.2. The number of nitrogens with one attached hydrogen (secondary N) is 1. The predicted molar refractivity (Wildman–Crippen MR) is 80.9 cm³/mol. The summed E-state index contributed by atoms with van der Waals surface area (Å²) < 4.78 is 19.0. The number of amides is 1. The van der Waals surface area contributed by atoms with Gasteiger partial charge in [0.15, 0.2) is 0 Å². The zero-order valence-electron chi connectivity index (χ0n) is 11.9. The molecule has 0 bridgehead atoms. The number of halogens is 1. The van der Waals surface area contributed by atoms with Gasteiger partial charge in [0, 0.05) is 6.42 Å². The maximum absolute atomic E-state index is 13.4. The van der Waals surface area contributed by atoms with Crippen molar-refractivity contribution in [2.75, 3.05) is 11.9 Å². The number of hydrogen-bond donors (Lipinski definition) is 1. The third-order valence-corrected chi connectivity index (χ3v) is 3.05. The molecule has 0 aliphatic carbocycles. The zero-order valence-corrected chi connectivity index (χ0v) is 11.9. The van der Waals surface area contributed by atoms with Crippen LogP contribution in [-0.2, 0) is 4.79 Å². The number of para-hydroxylation sites is 2. The lowest BCUT2D eigenvalue weighted by molar-refractivity contribution is -0.116. The van der Waals surface area contributed by atoms with Crippen LogP contribution in [-0.4, -0.2) is 12.5 Å². The molecule has 0 atom stereocenters. The highest BCUT2D eigenvalue weighted by Crippen LogP contribution is 2.17. The van der Waals surface area contributed by atoms with E-state index in [1.54, 1.807) is 12.1 Å². The summed E-state index contributed by atoms with van der Waals surface area (Å²) in [5.41, 5.74) is 1.27. The number of hydrogen-bond acceptors (Lipinski definition) is 2. The van der Waals surface area contributed by atoms with Crippen molar-refractivity contribution in [1.82, 2.24) is 0 Å². The summed E-state index contributed by atoms with van der Waals surface area (Å²) in [7, 11) is 0. The van der Waals surface area contributed by atoms with Crippen LogP contribution in [0.4, 0.5) is 10.1 Å². The molecule has 0 spiro atoms. The lowest BCUT2D eigenvalue weighted by Gasteiger charge is -2.09. The SMILES string of the molecule is Cc1ccccc1OCCCC(=O)Nc1ccccc1F.